The molecule has 102 valence electrons. The maximum absolute atomic E-state index is 11.5. The summed E-state index contributed by atoms with van der Waals surface area (Å²) in [6, 6.07) is 7.19. The summed E-state index contributed by atoms with van der Waals surface area (Å²) in [7, 11) is 0. The molecule has 0 spiro atoms. The van der Waals surface area contributed by atoms with Crippen LogP contribution in [0.1, 0.15) is 18.9 Å². The number of carbonyl (C=O) groups excluding carboxylic acids is 2. The smallest absolute Gasteiger partial charge is 0.309 e. The van der Waals surface area contributed by atoms with Crippen LogP contribution in [0.2, 0.25) is 5.02 Å². The molecule has 4 nitrogen and oxygen atoms in total. The minimum Gasteiger partial charge on any atom is -0.455 e. The van der Waals surface area contributed by atoms with Crippen molar-refractivity contribution >= 4 is 23.5 Å². The fourth-order valence-corrected chi connectivity index (χ4v) is 1.87. The minimum absolute atomic E-state index is 0.0101. The maximum Gasteiger partial charge on any atom is 0.309 e. The number of hydrogen-bond donors (Lipinski definition) is 1. The van der Waals surface area contributed by atoms with Gasteiger partial charge in [-0.3, -0.25) is 9.59 Å². The average molecular weight is 282 g/mol. The third kappa shape index (κ3) is 4.24. The first-order valence-electron chi connectivity index (χ1n) is 6.24. The van der Waals surface area contributed by atoms with Gasteiger partial charge in [0, 0.05) is 11.6 Å². The molecule has 0 bridgehead atoms. The van der Waals surface area contributed by atoms with Gasteiger partial charge in [0.15, 0.2) is 6.61 Å². The number of nitrogens with one attached hydrogen (secondary N) is 1. The molecule has 1 aliphatic carbocycles. The Balaban J connectivity index is 1.67. The first-order valence-corrected chi connectivity index (χ1v) is 6.62. The van der Waals surface area contributed by atoms with Gasteiger partial charge in [-0.15, -0.1) is 0 Å². The molecular formula is C14H16ClNO3. The second-order valence-electron chi connectivity index (χ2n) is 4.83. The molecular weight excluding hydrogens is 266 g/mol. The number of benzene rings is 1. The van der Waals surface area contributed by atoms with Gasteiger partial charge in [0.05, 0.1) is 5.92 Å². The number of hydrogen-bond acceptors (Lipinski definition) is 3. The fourth-order valence-electron chi connectivity index (χ4n) is 1.75. The van der Waals surface area contributed by atoms with Crippen molar-refractivity contribution in [2.75, 3.05) is 6.61 Å². The van der Waals surface area contributed by atoms with Crippen molar-refractivity contribution in [2.45, 2.75) is 19.9 Å². The van der Waals surface area contributed by atoms with E-state index in [1.54, 1.807) is 12.1 Å². The van der Waals surface area contributed by atoms with Gasteiger partial charge < -0.3 is 10.1 Å². The van der Waals surface area contributed by atoms with Crippen molar-refractivity contribution in [3.63, 3.8) is 0 Å². The van der Waals surface area contributed by atoms with E-state index >= 15 is 0 Å². The second kappa shape index (κ2) is 6.06. The van der Waals surface area contributed by atoms with E-state index in [1.807, 2.05) is 19.1 Å². The number of carbonyl (C=O) groups is 2. The SMILES string of the molecule is C[C@@H]1C[C@@H]1C(=O)OCC(=O)NCc1ccc(Cl)cc1. The summed E-state index contributed by atoms with van der Waals surface area (Å²) in [5, 5.41) is 3.34. The van der Waals surface area contributed by atoms with Crippen molar-refractivity contribution in [3.05, 3.63) is 34.9 Å². The van der Waals surface area contributed by atoms with Crippen LogP contribution in [0.15, 0.2) is 24.3 Å². The lowest BCUT2D eigenvalue weighted by molar-refractivity contribution is -0.150. The molecule has 0 saturated heterocycles. The Morgan fingerprint density at radius 2 is 2.00 bits per heavy atom. The lowest BCUT2D eigenvalue weighted by Crippen LogP contribution is -2.28. The molecule has 1 N–H and O–H groups in total. The van der Waals surface area contributed by atoms with Crippen LogP contribution in [-0.4, -0.2) is 18.5 Å². The van der Waals surface area contributed by atoms with E-state index in [-0.39, 0.29) is 24.4 Å². The van der Waals surface area contributed by atoms with Gasteiger partial charge >= 0.3 is 5.97 Å². The molecule has 2 rings (SSSR count). The zero-order valence-corrected chi connectivity index (χ0v) is 11.4. The van der Waals surface area contributed by atoms with Crippen LogP contribution in [0.3, 0.4) is 0 Å². The molecule has 5 heteroatoms. The van der Waals surface area contributed by atoms with Crippen LogP contribution < -0.4 is 5.32 Å². The Labute approximate surface area is 117 Å². The van der Waals surface area contributed by atoms with Crippen LogP contribution in [0, 0.1) is 11.8 Å². The highest BCUT2D eigenvalue weighted by molar-refractivity contribution is 6.30. The van der Waals surface area contributed by atoms with Crippen LogP contribution in [0.25, 0.3) is 0 Å². The summed E-state index contributed by atoms with van der Waals surface area (Å²) in [5.41, 5.74) is 0.944. The maximum atomic E-state index is 11.5. The van der Waals surface area contributed by atoms with E-state index in [2.05, 4.69) is 5.32 Å². The van der Waals surface area contributed by atoms with Gasteiger partial charge in [0.1, 0.15) is 0 Å². The summed E-state index contributed by atoms with van der Waals surface area (Å²) >= 11 is 5.76. The lowest BCUT2D eigenvalue weighted by Gasteiger charge is -2.06. The molecule has 1 aliphatic rings. The molecule has 0 radical (unpaired) electrons. The molecule has 2 atom stereocenters. The van der Waals surface area contributed by atoms with E-state index in [0.29, 0.717) is 17.5 Å². The normalized spacial score (nSPS) is 20.7. The van der Waals surface area contributed by atoms with Crippen LogP contribution in [0.4, 0.5) is 0 Å². The Kier molecular flexibility index (Phi) is 4.43. The quantitative estimate of drug-likeness (QED) is 0.842. The molecule has 1 fully saturated rings. The van der Waals surface area contributed by atoms with Gasteiger partial charge in [-0.25, -0.2) is 0 Å². The zero-order chi connectivity index (χ0) is 13.8. The second-order valence-corrected chi connectivity index (χ2v) is 5.27. The number of halogens is 1. The Morgan fingerprint density at radius 3 is 2.58 bits per heavy atom. The predicted molar refractivity (Wildman–Crippen MR) is 71.5 cm³/mol. The summed E-state index contributed by atoms with van der Waals surface area (Å²) in [4.78, 5) is 22.9. The van der Waals surface area contributed by atoms with Crippen LogP contribution >= 0.6 is 11.6 Å². The third-order valence-electron chi connectivity index (χ3n) is 3.16. The summed E-state index contributed by atoms with van der Waals surface area (Å²) in [6.07, 6.45) is 0.866. The Morgan fingerprint density at radius 1 is 1.37 bits per heavy atom. The highest BCUT2D eigenvalue weighted by Crippen LogP contribution is 2.38. The molecule has 1 saturated carbocycles. The number of amides is 1. The van der Waals surface area contributed by atoms with Crippen molar-refractivity contribution in [1.82, 2.24) is 5.32 Å². The molecule has 1 aromatic rings. The lowest BCUT2D eigenvalue weighted by atomic mass is 10.2. The van der Waals surface area contributed by atoms with Gasteiger partial charge in [0.25, 0.3) is 5.91 Å². The van der Waals surface area contributed by atoms with Crippen molar-refractivity contribution in [1.29, 1.82) is 0 Å². The monoisotopic (exact) mass is 281 g/mol. The van der Waals surface area contributed by atoms with E-state index in [9.17, 15) is 9.59 Å². The van der Waals surface area contributed by atoms with Gasteiger partial charge in [0.2, 0.25) is 0 Å². The molecule has 19 heavy (non-hydrogen) atoms. The molecule has 0 aliphatic heterocycles. The van der Waals surface area contributed by atoms with E-state index in [0.717, 1.165) is 12.0 Å². The van der Waals surface area contributed by atoms with Crippen molar-refractivity contribution in [3.8, 4) is 0 Å². The molecule has 1 aromatic carbocycles. The largest absolute Gasteiger partial charge is 0.455 e. The highest BCUT2D eigenvalue weighted by atomic mass is 35.5. The average Bonchev–Trinajstić information content (AvgIpc) is 3.12. The van der Waals surface area contributed by atoms with E-state index < -0.39 is 0 Å². The van der Waals surface area contributed by atoms with E-state index in [4.69, 9.17) is 16.3 Å². The first-order chi connectivity index (χ1) is 9.06. The number of ether oxygens (including phenoxy) is 1. The molecule has 1 amide bonds. The van der Waals surface area contributed by atoms with Gasteiger partial charge in [-0.1, -0.05) is 30.7 Å². The third-order valence-corrected chi connectivity index (χ3v) is 3.41. The number of rotatable bonds is 5. The van der Waals surface area contributed by atoms with Gasteiger partial charge in [-0.05, 0) is 30.0 Å². The fraction of sp³-hybridized carbons (Fsp3) is 0.429. The highest BCUT2D eigenvalue weighted by Gasteiger charge is 2.40. The number of esters is 1. The standard InChI is InChI=1S/C14H16ClNO3/c1-9-6-12(9)14(18)19-8-13(17)16-7-10-2-4-11(15)5-3-10/h2-5,9,12H,6-8H2,1H3,(H,16,17)/t9-,12+/m1/s1. The predicted octanol–water partition coefficient (Wildman–Crippen LogP) is 2.16. The van der Waals surface area contributed by atoms with Crippen molar-refractivity contribution < 1.29 is 14.3 Å². The molecule has 0 heterocycles. The summed E-state index contributed by atoms with van der Waals surface area (Å²) < 4.78 is 4.93. The minimum atomic E-state index is -0.295. The summed E-state index contributed by atoms with van der Waals surface area (Å²) in [6.45, 7) is 2.18. The van der Waals surface area contributed by atoms with Crippen LogP contribution in [0.5, 0.6) is 0 Å². The Bertz CT molecular complexity index is 472. The molecule has 0 unspecified atom stereocenters. The summed E-state index contributed by atoms with van der Waals surface area (Å²) in [5.74, 6) is -0.181. The Hall–Kier alpha value is -1.55. The first kappa shape index (κ1) is 13.9. The van der Waals surface area contributed by atoms with Crippen molar-refractivity contribution in [2.24, 2.45) is 11.8 Å². The van der Waals surface area contributed by atoms with Crippen LogP contribution in [-0.2, 0) is 20.9 Å². The topological polar surface area (TPSA) is 55.4 Å². The van der Waals surface area contributed by atoms with E-state index in [1.165, 1.54) is 0 Å². The van der Waals surface area contributed by atoms with Gasteiger partial charge in [-0.2, -0.15) is 0 Å². The zero-order valence-electron chi connectivity index (χ0n) is 10.7. The molecule has 0 aromatic heterocycles.